The zero-order chi connectivity index (χ0) is 24.4. The molecule has 6 nitrogen and oxygen atoms in total. The van der Waals surface area contributed by atoms with Crippen LogP contribution in [0.3, 0.4) is 0 Å². The third kappa shape index (κ3) is 6.32. The smallest absolute Gasteiger partial charge is 0.404 e. The topological polar surface area (TPSA) is 89.7 Å². The van der Waals surface area contributed by atoms with Crippen molar-refractivity contribution >= 4 is 39.1 Å². The van der Waals surface area contributed by atoms with Crippen LogP contribution in [-0.4, -0.2) is 31.0 Å². The molecule has 0 saturated heterocycles. The van der Waals surface area contributed by atoms with Gasteiger partial charge < -0.3 is 10.5 Å². The van der Waals surface area contributed by atoms with E-state index in [0.717, 1.165) is 12.5 Å². The monoisotopic (exact) mass is 524 g/mol. The molecule has 180 valence electrons. The van der Waals surface area contributed by atoms with Gasteiger partial charge in [0.2, 0.25) is 15.9 Å². The minimum atomic E-state index is -4.92. The van der Waals surface area contributed by atoms with Crippen molar-refractivity contribution in [1.82, 2.24) is 4.31 Å². The van der Waals surface area contributed by atoms with Crippen LogP contribution in [0.2, 0.25) is 10.0 Å². The number of alkyl halides is 3. The van der Waals surface area contributed by atoms with Crippen molar-refractivity contribution < 1.29 is 31.1 Å². The van der Waals surface area contributed by atoms with Crippen LogP contribution < -0.4 is 10.5 Å². The Morgan fingerprint density at radius 1 is 1.09 bits per heavy atom. The van der Waals surface area contributed by atoms with Gasteiger partial charge in [0.05, 0.1) is 15.8 Å². The normalized spacial score (nSPS) is 19.5. The lowest BCUT2D eigenvalue weighted by molar-refractivity contribution is -0.274. The van der Waals surface area contributed by atoms with Crippen molar-refractivity contribution in [2.24, 2.45) is 11.7 Å². The number of sulfonamides is 1. The van der Waals surface area contributed by atoms with Crippen molar-refractivity contribution in [1.29, 1.82) is 0 Å². The third-order valence-corrected chi connectivity index (χ3v) is 7.88. The van der Waals surface area contributed by atoms with Gasteiger partial charge in [0.1, 0.15) is 5.75 Å². The second kappa shape index (κ2) is 10.1. The summed E-state index contributed by atoms with van der Waals surface area (Å²) >= 11 is 11.8. The van der Waals surface area contributed by atoms with E-state index < -0.39 is 40.0 Å². The first-order valence-corrected chi connectivity index (χ1v) is 12.2. The molecule has 0 radical (unpaired) electrons. The van der Waals surface area contributed by atoms with Crippen LogP contribution in [-0.2, 0) is 21.4 Å². The molecule has 0 spiro atoms. The second-order valence-corrected chi connectivity index (χ2v) is 10.4. The van der Waals surface area contributed by atoms with Crippen molar-refractivity contribution in [2.45, 2.75) is 49.5 Å². The maximum absolute atomic E-state index is 13.6. The summed E-state index contributed by atoms with van der Waals surface area (Å²) in [4.78, 5) is 12.1. The van der Waals surface area contributed by atoms with Gasteiger partial charge in [0, 0.05) is 17.6 Å². The number of carbonyl (C=O) groups excluding carboxylic acids is 1. The van der Waals surface area contributed by atoms with Gasteiger partial charge in [-0.1, -0.05) is 42.1 Å². The molecule has 2 aromatic carbocycles. The molecular weight excluding hydrogens is 504 g/mol. The van der Waals surface area contributed by atoms with E-state index >= 15 is 0 Å². The molecular formula is C21H21Cl2F3N2O4S. The maximum Gasteiger partial charge on any atom is 0.573 e. The van der Waals surface area contributed by atoms with Crippen molar-refractivity contribution in [3.8, 4) is 5.75 Å². The number of nitrogens with two attached hydrogens (primary N) is 1. The Bertz CT molecular complexity index is 1110. The molecule has 1 fully saturated rings. The number of hydrogen-bond donors (Lipinski definition) is 1. The molecule has 2 atom stereocenters. The van der Waals surface area contributed by atoms with Crippen molar-refractivity contribution in [3.63, 3.8) is 0 Å². The summed E-state index contributed by atoms with van der Waals surface area (Å²) in [5.74, 6) is -1.92. The number of ether oxygens (including phenoxy) is 1. The lowest BCUT2D eigenvalue weighted by atomic mass is 9.84. The molecule has 0 bridgehead atoms. The molecule has 1 aliphatic carbocycles. The van der Waals surface area contributed by atoms with E-state index in [9.17, 15) is 26.4 Å². The van der Waals surface area contributed by atoms with Gasteiger partial charge >= 0.3 is 6.36 Å². The molecule has 1 amide bonds. The number of benzene rings is 2. The van der Waals surface area contributed by atoms with Gasteiger partial charge in [0.15, 0.2) is 0 Å². The SMILES string of the molecule is NC(=O)[C@H]1CCCC[C@H]1N(Cc1ccc(OC(F)(F)F)c(Cl)c1)S(=O)(=O)c1ccc(Cl)cc1. The highest BCUT2D eigenvalue weighted by Gasteiger charge is 2.40. The minimum Gasteiger partial charge on any atom is -0.404 e. The number of rotatable bonds is 7. The summed E-state index contributed by atoms with van der Waals surface area (Å²) in [6.07, 6.45) is -2.66. The Hall–Kier alpha value is -2.01. The highest BCUT2D eigenvalue weighted by molar-refractivity contribution is 7.89. The molecule has 33 heavy (non-hydrogen) atoms. The first-order valence-electron chi connectivity index (χ1n) is 9.99. The summed E-state index contributed by atoms with van der Waals surface area (Å²) in [6.45, 7) is -0.231. The molecule has 0 aromatic heterocycles. The number of amides is 1. The van der Waals surface area contributed by atoms with Crippen LogP contribution in [0.5, 0.6) is 5.75 Å². The summed E-state index contributed by atoms with van der Waals surface area (Å²) in [6, 6.07) is 8.35. The summed E-state index contributed by atoms with van der Waals surface area (Å²) < 4.78 is 69.8. The summed E-state index contributed by atoms with van der Waals surface area (Å²) in [5, 5.41) is 0.0176. The predicted octanol–water partition coefficient (Wildman–Crippen LogP) is 5.13. The summed E-state index contributed by atoms with van der Waals surface area (Å²) in [7, 11) is -4.12. The Kier molecular flexibility index (Phi) is 7.83. The van der Waals surface area contributed by atoms with Gasteiger partial charge in [-0.05, 0) is 54.8 Å². The van der Waals surface area contributed by atoms with E-state index in [1.807, 2.05) is 0 Å². The van der Waals surface area contributed by atoms with Crippen LogP contribution in [0, 0.1) is 5.92 Å². The van der Waals surface area contributed by atoms with Crippen LogP contribution >= 0.6 is 23.2 Å². The first kappa shape index (κ1) is 25.6. The fourth-order valence-corrected chi connectivity index (χ4v) is 5.99. The molecule has 12 heteroatoms. The van der Waals surface area contributed by atoms with Crippen molar-refractivity contribution in [3.05, 3.63) is 58.1 Å². The van der Waals surface area contributed by atoms with Gasteiger partial charge in [-0.3, -0.25) is 4.79 Å². The van der Waals surface area contributed by atoms with Crippen LogP contribution in [0.4, 0.5) is 13.2 Å². The zero-order valence-electron chi connectivity index (χ0n) is 17.2. The van der Waals surface area contributed by atoms with Crippen LogP contribution in [0.15, 0.2) is 47.4 Å². The molecule has 0 aliphatic heterocycles. The molecule has 2 N–H and O–H groups in total. The van der Waals surface area contributed by atoms with Gasteiger partial charge in [-0.15, -0.1) is 13.2 Å². The Balaban J connectivity index is 2.01. The molecule has 0 heterocycles. The van der Waals surface area contributed by atoms with E-state index in [-0.39, 0.29) is 16.5 Å². The Morgan fingerprint density at radius 2 is 1.73 bits per heavy atom. The largest absolute Gasteiger partial charge is 0.573 e. The van der Waals surface area contributed by atoms with E-state index in [0.29, 0.717) is 29.8 Å². The molecule has 0 unspecified atom stereocenters. The quantitative estimate of drug-likeness (QED) is 0.543. The van der Waals surface area contributed by atoms with Gasteiger partial charge in [0.25, 0.3) is 0 Å². The second-order valence-electron chi connectivity index (χ2n) is 7.68. The van der Waals surface area contributed by atoms with E-state index in [4.69, 9.17) is 28.9 Å². The number of nitrogens with zero attached hydrogens (tertiary/aromatic N) is 1. The van der Waals surface area contributed by atoms with Crippen molar-refractivity contribution in [2.75, 3.05) is 0 Å². The molecule has 1 saturated carbocycles. The fourth-order valence-electron chi connectivity index (χ4n) is 3.94. The zero-order valence-corrected chi connectivity index (χ0v) is 19.5. The van der Waals surface area contributed by atoms with Crippen LogP contribution in [0.1, 0.15) is 31.2 Å². The number of halogens is 5. The third-order valence-electron chi connectivity index (χ3n) is 5.45. The molecule has 1 aliphatic rings. The fraction of sp³-hybridized carbons (Fsp3) is 0.381. The standard InChI is InChI=1S/C21H21Cl2F3N2O4S/c22-14-6-8-15(9-7-14)33(30,31)28(18-4-2-1-3-16(18)20(27)29)12-13-5-10-19(17(23)11-13)32-21(24,25)26/h5-11,16,18H,1-4,12H2,(H2,27,29)/t16-,18+/m0/s1. The predicted molar refractivity (Wildman–Crippen MR) is 117 cm³/mol. The number of hydrogen-bond acceptors (Lipinski definition) is 4. The Labute approximate surface area is 199 Å². The first-order chi connectivity index (χ1) is 15.4. The summed E-state index contributed by atoms with van der Waals surface area (Å²) in [5.41, 5.74) is 5.89. The minimum absolute atomic E-state index is 0.0381. The Morgan fingerprint density at radius 3 is 2.30 bits per heavy atom. The van der Waals surface area contributed by atoms with Gasteiger partial charge in [-0.2, -0.15) is 4.31 Å². The van der Waals surface area contributed by atoms with Crippen LogP contribution in [0.25, 0.3) is 0 Å². The lowest BCUT2D eigenvalue weighted by Crippen LogP contribution is -2.49. The average molecular weight is 525 g/mol. The molecule has 3 rings (SSSR count). The van der Waals surface area contributed by atoms with E-state index in [2.05, 4.69) is 4.74 Å². The van der Waals surface area contributed by atoms with E-state index in [1.165, 1.54) is 40.7 Å². The highest BCUT2D eigenvalue weighted by atomic mass is 35.5. The number of primary amides is 1. The lowest BCUT2D eigenvalue weighted by Gasteiger charge is -2.38. The van der Waals surface area contributed by atoms with E-state index in [1.54, 1.807) is 0 Å². The average Bonchev–Trinajstić information content (AvgIpc) is 2.73. The highest BCUT2D eigenvalue weighted by Crippen LogP contribution is 2.35. The van der Waals surface area contributed by atoms with Gasteiger partial charge in [-0.25, -0.2) is 8.42 Å². The molecule has 2 aromatic rings. The maximum atomic E-state index is 13.6. The number of carbonyl (C=O) groups is 1.